The van der Waals surface area contributed by atoms with Gasteiger partial charge in [0, 0.05) is 25.8 Å². The Morgan fingerprint density at radius 3 is 2.46 bits per heavy atom. The van der Waals surface area contributed by atoms with Gasteiger partial charge in [-0.05, 0) is 31.9 Å². The van der Waals surface area contributed by atoms with Crippen LogP contribution >= 0.6 is 0 Å². The first-order valence-corrected chi connectivity index (χ1v) is 8.13. The molecular formula is C17H25FN2O4. The molecule has 1 aliphatic heterocycles. The van der Waals surface area contributed by atoms with Crippen molar-refractivity contribution in [3.05, 3.63) is 23.5 Å². The molecule has 1 amide bonds. The van der Waals surface area contributed by atoms with Gasteiger partial charge in [0.2, 0.25) is 0 Å². The van der Waals surface area contributed by atoms with E-state index < -0.39 is 5.82 Å². The van der Waals surface area contributed by atoms with E-state index in [0.29, 0.717) is 32.0 Å². The summed E-state index contributed by atoms with van der Waals surface area (Å²) in [6.45, 7) is 2.33. The van der Waals surface area contributed by atoms with E-state index >= 15 is 0 Å². The lowest BCUT2D eigenvalue weighted by atomic mass is 10.1. The van der Waals surface area contributed by atoms with E-state index in [2.05, 4.69) is 0 Å². The molecule has 0 atom stereocenters. The second-order valence-corrected chi connectivity index (χ2v) is 5.69. The maximum Gasteiger partial charge on any atom is 0.256 e. The van der Waals surface area contributed by atoms with Crippen LogP contribution in [0, 0.1) is 5.82 Å². The van der Waals surface area contributed by atoms with Crippen molar-refractivity contribution in [2.45, 2.75) is 25.4 Å². The first kappa shape index (κ1) is 18.5. The SMILES string of the molecule is COc1cc(F)c(C(=O)N2CCC(OCCCN)CC2)cc1OC. The summed E-state index contributed by atoms with van der Waals surface area (Å²) in [6, 6.07) is 2.56. The van der Waals surface area contributed by atoms with E-state index in [1.807, 2.05) is 0 Å². The van der Waals surface area contributed by atoms with Crippen molar-refractivity contribution in [3.63, 3.8) is 0 Å². The summed E-state index contributed by atoms with van der Waals surface area (Å²) in [6.07, 6.45) is 2.45. The second kappa shape index (κ2) is 8.84. The zero-order chi connectivity index (χ0) is 17.5. The van der Waals surface area contributed by atoms with Crippen molar-refractivity contribution in [2.24, 2.45) is 5.73 Å². The number of halogens is 1. The number of hydrogen-bond acceptors (Lipinski definition) is 5. The van der Waals surface area contributed by atoms with Gasteiger partial charge in [0.15, 0.2) is 11.5 Å². The molecule has 0 radical (unpaired) electrons. The van der Waals surface area contributed by atoms with Crippen LogP contribution in [-0.4, -0.2) is 57.4 Å². The van der Waals surface area contributed by atoms with Gasteiger partial charge in [-0.1, -0.05) is 0 Å². The molecule has 0 unspecified atom stereocenters. The van der Waals surface area contributed by atoms with Gasteiger partial charge in [0.1, 0.15) is 5.82 Å². The van der Waals surface area contributed by atoms with Crippen LogP contribution in [0.1, 0.15) is 29.6 Å². The molecule has 0 bridgehead atoms. The highest BCUT2D eigenvalue weighted by Gasteiger charge is 2.26. The number of carbonyl (C=O) groups is 1. The molecule has 2 rings (SSSR count). The van der Waals surface area contributed by atoms with E-state index in [9.17, 15) is 9.18 Å². The number of piperidine rings is 1. The minimum absolute atomic E-state index is 0.00449. The lowest BCUT2D eigenvalue weighted by Gasteiger charge is -2.32. The summed E-state index contributed by atoms with van der Waals surface area (Å²) in [4.78, 5) is 14.2. The predicted octanol–water partition coefficient (Wildman–Crippen LogP) is 1.81. The standard InChI is InChI=1S/C17H25FN2O4/c1-22-15-10-13(14(18)11-16(15)23-2)17(21)20-7-4-12(5-8-20)24-9-3-6-19/h10-12H,3-9,19H2,1-2H3. The van der Waals surface area contributed by atoms with Crippen LogP contribution in [0.25, 0.3) is 0 Å². The molecule has 6 nitrogen and oxygen atoms in total. The van der Waals surface area contributed by atoms with Crippen molar-refractivity contribution in [1.82, 2.24) is 4.90 Å². The maximum absolute atomic E-state index is 14.2. The Balaban J connectivity index is 2.00. The minimum atomic E-state index is -0.612. The number of hydrogen-bond donors (Lipinski definition) is 1. The Kier molecular flexibility index (Phi) is 6.81. The van der Waals surface area contributed by atoms with Crippen molar-refractivity contribution >= 4 is 5.91 Å². The number of rotatable bonds is 7. The quantitative estimate of drug-likeness (QED) is 0.767. The second-order valence-electron chi connectivity index (χ2n) is 5.69. The number of benzene rings is 1. The molecule has 1 fully saturated rings. The lowest BCUT2D eigenvalue weighted by molar-refractivity contribution is 0.00833. The van der Waals surface area contributed by atoms with Gasteiger partial charge in [-0.25, -0.2) is 4.39 Å². The van der Waals surface area contributed by atoms with Crippen molar-refractivity contribution < 1.29 is 23.4 Å². The van der Waals surface area contributed by atoms with E-state index in [0.717, 1.165) is 19.3 Å². The maximum atomic E-state index is 14.2. The molecule has 24 heavy (non-hydrogen) atoms. The number of methoxy groups -OCH3 is 2. The van der Waals surface area contributed by atoms with Gasteiger partial charge >= 0.3 is 0 Å². The topological polar surface area (TPSA) is 74.0 Å². The zero-order valence-electron chi connectivity index (χ0n) is 14.2. The number of nitrogens with two attached hydrogens (primary N) is 1. The highest BCUT2D eigenvalue weighted by atomic mass is 19.1. The minimum Gasteiger partial charge on any atom is -0.493 e. The van der Waals surface area contributed by atoms with Crippen LogP contribution in [0.2, 0.25) is 0 Å². The fourth-order valence-electron chi connectivity index (χ4n) is 2.75. The third kappa shape index (κ3) is 4.36. The third-order valence-electron chi connectivity index (χ3n) is 4.13. The summed E-state index contributed by atoms with van der Waals surface area (Å²) in [7, 11) is 2.88. The summed E-state index contributed by atoms with van der Waals surface area (Å²) >= 11 is 0. The summed E-state index contributed by atoms with van der Waals surface area (Å²) in [5.74, 6) is -0.353. The molecule has 1 heterocycles. The van der Waals surface area contributed by atoms with Crippen molar-refractivity contribution in [1.29, 1.82) is 0 Å². The first-order valence-electron chi connectivity index (χ1n) is 8.13. The number of amides is 1. The van der Waals surface area contributed by atoms with Crippen LogP contribution in [-0.2, 0) is 4.74 Å². The van der Waals surface area contributed by atoms with Crippen molar-refractivity contribution in [2.75, 3.05) is 40.5 Å². The van der Waals surface area contributed by atoms with Crippen LogP contribution < -0.4 is 15.2 Å². The van der Waals surface area contributed by atoms with Crippen LogP contribution in [0.4, 0.5) is 4.39 Å². The van der Waals surface area contributed by atoms with Gasteiger partial charge in [-0.2, -0.15) is 0 Å². The smallest absolute Gasteiger partial charge is 0.256 e. The van der Waals surface area contributed by atoms with E-state index in [-0.39, 0.29) is 23.3 Å². The largest absolute Gasteiger partial charge is 0.493 e. The average Bonchev–Trinajstić information content (AvgIpc) is 2.61. The first-order chi connectivity index (χ1) is 11.6. The monoisotopic (exact) mass is 340 g/mol. The zero-order valence-corrected chi connectivity index (χ0v) is 14.2. The Morgan fingerprint density at radius 1 is 1.25 bits per heavy atom. The highest BCUT2D eigenvalue weighted by Crippen LogP contribution is 2.30. The summed E-state index contributed by atoms with van der Waals surface area (Å²) < 4.78 is 30.1. The molecule has 1 aromatic carbocycles. The van der Waals surface area contributed by atoms with E-state index in [1.54, 1.807) is 4.90 Å². The normalized spacial score (nSPS) is 15.4. The third-order valence-corrected chi connectivity index (χ3v) is 4.13. The highest BCUT2D eigenvalue weighted by molar-refractivity contribution is 5.95. The lowest BCUT2D eigenvalue weighted by Crippen LogP contribution is -2.41. The van der Waals surface area contributed by atoms with Gasteiger partial charge < -0.3 is 24.8 Å². The van der Waals surface area contributed by atoms with Crippen LogP contribution in [0.15, 0.2) is 12.1 Å². The molecule has 1 aromatic rings. The predicted molar refractivity (Wildman–Crippen MR) is 88.1 cm³/mol. The molecule has 134 valence electrons. The van der Waals surface area contributed by atoms with E-state index in [4.69, 9.17) is 19.9 Å². The molecule has 7 heteroatoms. The molecule has 1 aliphatic rings. The Labute approximate surface area is 141 Å². The molecule has 0 aromatic heterocycles. The number of nitrogens with zero attached hydrogens (tertiary/aromatic N) is 1. The van der Waals surface area contributed by atoms with Crippen molar-refractivity contribution in [3.8, 4) is 11.5 Å². The molecule has 0 saturated carbocycles. The Morgan fingerprint density at radius 2 is 1.88 bits per heavy atom. The van der Waals surface area contributed by atoms with Gasteiger partial charge in [-0.15, -0.1) is 0 Å². The molecule has 1 saturated heterocycles. The fraction of sp³-hybridized carbons (Fsp3) is 0.588. The number of ether oxygens (including phenoxy) is 3. The number of carbonyl (C=O) groups excluding carboxylic acids is 1. The van der Waals surface area contributed by atoms with Gasteiger partial charge in [-0.3, -0.25) is 4.79 Å². The van der Waals surface area contributed by atoms with Crippen LogP contribution in [0.3, 0.4) is 0 Å². The molecule has 0 aliphatic carbocycles. The average molecular weight is 340 g/mol. The van der Waals surface area contributed by atoms with Gasteiger partial charge in [0.05, 0.1) is 25.9 Å². The number of likely N-dealkylation sites (tertiary alicyclic amines) is 1. The Bertz CT molecular complexity index is 560. The van der Waals surface area contributed by atoms with Gasteiger partial charge in [0.25, 0.3) is 5.91 Å². The molecule has 0 spiro atoms. The summed E-state index contributed by atoms with van der Waals surface area (Å²) in [5.41, 5.74) is 5.44. The molecular weight excluding hydrogens is 315 g/mol. The fourth-order valence-corrected chi connectivity index (χ4v) is 2.75. The summed E-state index contributed by atoms with van der Waals surface area (Å²) in [5, 5.41) is 0. The van der Waals surface area contributed by atoms with E-state index in [1.165, 1.54) is 26.4 Å². The molecule has 2 N–H and O–H groups in total. The van der Waals surface area contributed by atoms with Crippen LogP contribution in [0.5, 0.6) is 11.5 Å². The Hall–Kier alpha value is -1.86.